The molecule has 1 aromatic rings. The van der Waals surface area contributed by atoms with E-state index in [2.05, 4.69) is 22.3 Å². The highest BCUT2D eigenvalue weighted by Crippen LogP contribution is 2.30. The van der Waals surface area contributed by atoms with Crippen LogP contribution in [0, 0.1) is 0 Å². The number of ether oxygens (including phenoxy) is 2. The van der Waals surface area contributed by atoms with Crippen molar-refractivity contribution in [1.29, 1.82) is 0 Å². The maximum Gasteiger partial charge on any atom is 0.161 e. The summed E-state index contributed by atoms with van der Waals surface area (Å²) >= 11 is 0. The SMILES string of the molecule is c1cc2c(cc1CNCN1CCCCC1)OCCO2. The molecule has 1 saturated heterocycles. The standard InChI is InChI=1S/C15H22N2O2/c1-2-6-17(7-3-1)12-16-11-13-4-5-14-15(10-13)19-9-8-18-14/h4-5,10,16H,1-3,6-9,11-12H2. The normalized spacial score (nSPS) is 19.4. The fourth-order valence-corrected chi connectivity index (χ4v) is 2.67. The Hall–Kier alpha value is -1.26. The van der Waals surface area contributed by atoms with E-state index >= 15 is 0 Å². The van der Waals surface area contributed by atoms with Crippen molar-refractivity contribution in [3.8, 4) is 11.5 Å². The first-order chi connectivity index (χ1) is 9.42. The highest BCUT2D eigenvalue weighted by Gasteiger charge is 2.12. The van der Waals surface area contributed by atoms with Gasteiger partial charge in [0.2, 0.25) is 0 Å². The van der Waals surface area contributed by atoms with E-state index in [1.54, 1.807) is 0 Å². The summed E-state index contributed by atoms with van der Waals surface area (Å²) in [5.41, 5.74) is 1.25. The molecule has 1 fully saturated rings. The van der Waals surface area contributed by atoms with Crippen molar-refractivity contribution in [1.82, 2.24) is 10.2 Å². The predicted molar refractivity (Wildman–Crippen MR) is 74.6 cm³/mol. The Morgan fingerprint density at radius 3 is 2.63 bits per heavy atom. The summed E-state index contributed by atoms with van der Waals surface area (Å²) in [7, 11) is 0. The van der Waals surface area contributed by atoms with Gasteiger partial charge >= 0.3 is 0 Å². The number of hydrogen-bond acceptors (Lipinski definition) is 4. The first-order valence-electron chi connectivity index (χ1n) is 7.23. The quantitative estimate of drug-likeness (QED) is 0.900. The van der Waals surface area contributed by atoms with Gasteiger partial charge in [-0.3, -0.25) is 4.90 Å². The van der Waals surface area contributed by atoms with Crippen molar-refractivity contribution in [2.75, 3.05) is 33.0 Å². The second kappa shape index (κ2) is 6.26. The summed E-state index contributed by atoms with van der Waals surface area (Å²) in [6.45, 7) is 5.63. The van der Waals surface area contributed by atoms with Crippen molar-refractivity contribution in [3.63, 3.8) is 0 Å². The highest BCUT2D eigenvalue weighted by molar-refractivity contribution is 5.43. The largest absolute Gasteiger partial charge is 0.486 e. The van der Waals surface area contributed by atoms with Gasteiger partial charge in [-0.05, 0) is 43.6 Å². The monoisotopic (exact) mass is 262 g/mol. The Bertz CT molecular complexity index is 417. The Morgan fingerprint density at radius 1 is 1.00 bits per heavy atom. The maximum absolute atomic E-state index is 5.60. The van der Waals surface area contributed by atoms with Gasteiger partial charge in [-0.2, -0.15) is 0 Å². The predicted octanol–water partition coefficient (Wildman–Crippen LogP) is 1.99. The first kappa shape index (κ1) is 12.8. The average Bonchev–Trinajstić information content (AvgIpc) is 2.48. The molecule has 0 aliphatic carbocycles. The zero-order valence-electron chi connectivity index (χ0n) is 11.4. The van der Waals surface area contributed by atoms with E-state index in [0.717, 1.165) is 24.7 Å². The molecule has 2 aliphatic heterocycles. The van der Waals surface area contributed by atoms with E-state index in [1.807, 2.05) is 6.07 Å². The van der Waals surface area contributed by atoms with Gasteiger partial charge in [0.05, 0.1) is 0 Å². The molecule has 0 spiro atoms. The summed E-state index contributed by atoms with van der Waals surface area (Å²) in [6.07, 6.45) is 4.07. The number of fused-ring (bicyclic) bond motifs is 1. The van der Waals surface area contributed by atoms with E-state index in [-0.39, 0.29) is 0 Å². The summed E-state index contributed by atoms with van der Waals surface area (Å²) in [4.78, 5) is 2.49. The van der Waals surface area contributed by atoms with Crippen molar-refractivity contribution in [3.05, 3.63) is 23.8 Å². The van der Waals surface area contributed by atoms with Crippen LogP contribution >= 0.6 is 0 Å². The Morgan fingerprint density at radius 2 is 1.79 bits per heavy atom. The van der Waals surface area contributed by atoms with Crippen LogP contribution < -0.4 is 14.8 Å². The van der Waals surface area contributed by atoms with Gasteiger partial charge in [0.15, 0.2) is 11.5 Å². The lowest BCUT2D eigenvalue weighted by atomic mass is 10.1. The first-order valence-corrected chi connectivity index (χ1v) is 7.23. The Kier molecular flexibility index (Phi) is 4.20. The molecule has 1 aromatic carbocycles. The van der Waals surface area contributed by atoms with E-state index in [9.17, 15) is 0 Å². The van der Waals surface area contributed by atoms with E-state index in [1.165, 1.54) is 37.9 Å². The lowest BCUT2D eigenvalue weighted by Gasteiger charge is -2.26. The minimum Gasteiger partial charge on any atom is -0.486 e. The van der Waals surface area contributed by atoms with Crippen molar-refractivity contribution >= 4 is 0 Å². The van der Waals surface area contributed by atoms with E-state index in [0.29, 0.717) is 13.2 Å². The average molecular weight is 262 g/mol. The van der Waals surface area contributed by atoms with Crippen LogP contribution in [0.4, 0.5) is 0 Å². The van der Waals surface area contributed by atoms with Gasteiger partial charge in [-0.15, -0.1) is 0 Å². The van der Waals surface area contributed by atoms with Crippen molar-refractivity contribution in [2.24, 2.45) is 0 Å². The summed E-state index contributed by atoms with van der Waals surface area (Å²) in [6, 6.07) is 6.20. The minimum absolute atomic E-state index is 0.650. The molecule has 0 amide bonds. The fourth-order valence-electron chi connectivity index (χ4n) is 2.67. The maximum atomic E-state index is 5.60. The van der Waals surface area contributed by atoms with Crippen LogP contribution in [0.25, 0.3) is 0 Å². The lowest BCUT2D eigenvalue weighted by molar-refractivity contribution is 0.171. The molecule has 0 saturated carbocycles. The molecule has 19 heavy (non-hydrogen) atoms. The van der Waals surface area contributed by atoms with Gasteiger partial charge in [-0.25, -0.2) is 0 Å². The molecule has 4 nitrogen and oxygen atoms in total. The van der Waals surface area contributed by atoms with Crippen LogP contribution in [0.2, 0.25) is 0 Å². The molecule has 3 rings (SSSR count). The third-order valence-electron chi connectivity index (χ3n) is 3.72. The van der Waals surface area contributed by atoms with Crippen LogP contribution in [0.3, 0.4) is 0 Å². The molecule has 1 N–H and O–H groups in total. The molecule has 0 atom stereocenters. The highest BCUT2D eigenvalue weighted by atomic mass is 16.6. The van der Waals surface area contributed by atoms with Gasteiger partial charge in [0, 0.05) is 13.2 Å². The molecule has 2 heterocycles. The van der Waals surface area contributed by atoms with E-state index in [4.69, 9.17) is 9.47 Å². The molecule has 2 aliphatic rings. The van der Waals surface area contributed by atoms with Crippen LogP contribution in [-0.2, 0) is 6.54 Å². The summed E-state index contributed by atoms with van der Waals surface area (Å²) in [5.74, 6) is 1.74. The lowest BCUT2D eigenvalue weighted by Crippen LogP contribution is -2.37. The molecular formula is C15H22N2O2. The molecule has 0 bridgehead atoms. The third-order valence-corrected chi connectivity index (χ3v) is 3.72. The van der Waals surface area contributed by atoms with Crippen molar-refractivity contribution < 1.29 is 9.47 Å². The summed E-state index contributed by atoms with van der Waals surface area (Å²) < 4.78 is 11.1. The number of piperidine rings is 1. The number of hydrogen-bond donors (Lipinski definition) is 1. The molecular weight excluding hydrogens is 240 g/mol. The fraction of sp³-hybridized carbons (Fsp3) is 0.600. The molecule has 0 unspecified atom stereocenters. The van der Waals surface area contributed by atoms with Gasteiger partial charge in [-0.1, -0.05) is 12.5 Å². The third kappa shape index (κ3) is 3.39. The van der Waals surface area contributed by atoms with Crippen LogP contribution in [-0.4, -0.2) is 37.9 Å². The Balaban J connectivity index is 1.49. The number of nitrogens with one attached hydrogen (secondary N) is 1. The van der Waals surface area contributed by atoms with Crippen molar-refractivity contribution in [2.45, 2.75) is 25.8 Å². The van der Waals surface area contributed by atoms with Crippen LogP contribution in [0.1, 0.15) is 24.8 Å². The van der Waals surface area contributed by atoms with Gasteiger partial charge in [0.25, 0.3) is 0 Å². The number of likely N-dealkylation sites (tertiary alicyclic amines) is 1. The molecule has 0 aromatic heterocycles. The van der Waals surface area contributed by atoms with Crippen LogP contribution in [0.5, 0.6) is 11.5 Å². The van der Waals surface area contributed by atoms with Gasteiger partial charge in [0.1, 0.15) is 13.2 Å². The van der Waals surface area contributed by atoms with Crippen LogP contribution in [0.15, 0.2) is 18.2 Å². The van der Waals surface area contributed by atoms with E-state index < -0.39 is 0 Å². The zero-order chi connectivity index (χ0) is 12.9. The number of rotatable bonds is 4. The molecule has 0 radical (unpaired) electrons. The Labute approximate surface area is 114 Å². The second-order valence-electron chi connectivity index (χ2n) is 5.24. The zero-order valence-corrected chi connectivity index (χ0v) is 11.4. The minimum atomic E-state index is 0.650. The smallest absolute Gasteiger partial charge is 0.161 e. The second-order valence-corrected chi connectivity index (χ2v) is 5.24. The summed E-state index contributed by atoms with van der Waals surface area (Å²) in [5, 5.41) is 3.51. The molecule has 104 valence electrons. The topological polar surface area (TPSA) is 33.7 Å². The number of benzene rings is 1. The molecule has 4 heteroatoms. The van der Waals surface area contributed by atoms with Gasteiger partial charge < -0.3 is 14.8 Å². The number of nitrogens with zero attached hydrogens (tertiary/aromatic N) is 1.